The molecular formula is C13H16F3N3O2. The third kappa shape index (κ3) is 3.48. The standard InChI is InChI=1S/C13H16F3N3O2/c14-13(15,16)3-4-18(8-9-1-2-9)12(20)10-7-11-19(17-10)5-6-21-11/h7,9H,1-6,8H2. The maximum Gasteiger partial charge on any atom is 0.390 e. The van der Waals surface area contributed by atoms with Crippen LogP contribution in [-0.4, -0.2) is 46.5 Å². The van der Waals surface area contributed by atoms with E-state index >= 15 is 0 Å². The van der Waals surface area contributed by atoms with E-state index in [-0.39, 0.29) is 12.2 Å². The summed E-state index contributed by atoms with van der Waals surface area (Å²) in [6.45, 7) is 1.13. The Morgan fingerprint density at radius 1 is 1.48 bits per heavy atom. The van der Waals surface area contributed by atoms with Gasteiger partial charge in [0, 0.05) is 19.2 Å². The van der Waals surface area contributed by atoms with Gasteiger partial charge >= 0.3 is 6.18 Å². The van der Waals surface area contributed by atoms with E-state index in [9.17, 15) is 18.0 Å². The Hall–Kier alpha value is -1.73. The van der Waals surface area contributed by atoms with Gasteiger partial charge in [-0.05, 0) is 18.8 Å². The number of fused-ring (bicyclic) bond motifs is 1. The quantitative estimate of drug-likeness (QED) is 0.837. The highest BCUT2D eigenvalue weighted by Gasteiger charge is 2.33. The first-order valence-corrected chi connectivity index (χ1v) is 6.99. The Morgan fingerprint density at radius 2 is 2.24 bits per heavy atom. The highest BCUT2D eigenvalue weighted by atomic mass is 19.4. The van der Waals surface area contributed by atoms with Gasteiger partial charge in [-0.3, -0.25) is 4.79 Å². The Bertz CT molecular complexity index is 516. The number of hydrogen-bond donors (Lipinski definition) is 0. The molecule has 2 heterocycles. The molecule has 0 saturated heterocycles. The van der Waals surface area contributed by atoms with Gasteiger partial charge in [0.05, 0.1) is 13.0 Å². The Balaban J connectivity index is 1.69. The smallest absolute Gasteiger partial charge is 0.390 e. The highest BCUT2D eigenvalue weighted by Crippen LogP contribution is 2.31. The van der Waals surface area contributed by atoms with Gasteiger partial charge in [-0.15, -0.1) is 0 Å². The van der Waals surface area contributed by atoms with Gasteiger partial charge < -0.3 is 9.64 Å². The van der Waals surface area contributed by atoms with Gasteiger partial charge in [-0.1, -0.05) is 0 Å². The Kier molecular flexibility index (Phi) is 3.54. The summed E-state index contributed by atoms with van der Waals surface area (Å²) >= 11 is 0. The lowest BCUT2D eigenvalue weighted by atomic mass is 10.2. The van der Waals surface area contributed by atoms with Crippen molar-refractivity contribution in [3.05, 3.63) is 11.8 Å². The minimum atomic E-state index is -4.26. The predicted octanol–water partition coefficient (Wildman–Crippen LogP) is 2.08. The molecule has 116 valence electrons. The number of carbonyl (C=O) groups excluding carboxylic acids is 1. The molecule has 1 amide bonds. The van der Waals surface area contributed by atoms with Gasteiger partial charge in [0.1, 0.15) is 6.61 Å². The maximum atomic E-state index is 12.4. The van der Waals surface area contributed by atoms with Crippen LogP contribution in [0.25, 0.3) is 0 Å². The second-order valence-electron chi connectivity index (χ2n) is 5.50. The highest BCUT2D eigenvalue weighted by molar-refractivity contribution is 5.92. The minimum absolute atomic E-state index is 0.160. The van der Waals surface area contributed by atoms with Crippen LogP contribution in [0, 0.1) is 5.92 Å². The molecule has 21 heavy (non-hydrogen) atoms. The van der Waals surface area contributed by atoms with Crippen LogP contribution in [0.1, 0.15) is 29.8 Å². The van der Waals surface area contributed by atoms with Crippen LogP contribution in [-0.2, 0) is 6.54 Å². The van der Waals surface area contributed by atoms with E-state index in [0.29, 0.717) is 31.5 Å². The van der Waals surface area contributed by atoms with Crippen molar-refractivity contribution in [2.45, 2.75) is 32.0 Å². The van der Waals surface area contributed by atoms with E-state index in [4.69, 9.17) is 4.74 Å². The van der Waals surface area contributed by atoms with Crippen molar-refractivity contribution in [3.63, 3.8) is 0 Å². The topological polar surface area (TPSA) is 47.4 Å². The van der Waals surface area contributed by atoms with E-state index in [1.54, 1.807) is 4.68 Å². The molecule has 1 aliphatic carbocycles. The zero-order chi connectivity index (χ0) is 15.0. The summed E-state index contributed by atoms with van der Waals surface area (Å²) < 4.78 is 44.0. The van der Waals surface area contributed by atoms with Crippen LogP contribution >= 0.6 is 0 Å². The lowest BCUT2D eigenvalue weighted by Gasteiger charge is -2.22. The zero-order valence-corrected chi connectivity index (χ0v) is 11.4. The van der Waals surface area contributed by atoms with Crippen molar-refractivity contribution < 1.29 is 22.7 Å². The second-order valence-corrected chi connectivity index (χ2v) is 5.50. The SMILES string of the molecule is O=C(c1cc2n(n1)CCO2)N(CCC(F)(F)F)CC1CC1. The van der Waals surface area contributed by atoms with E-state index in [0.717, 1.165) is 12.8 Å². The number of rotatable bonds is 5. The van der Waals surface area contributed by atoms with E-state index < -0.39 is 18.5 Å². The Morgan fingerprint density at radius 3 is 2.86 bits per heavy atom. The number of nitrogens with zero attached hydrogens (tertiary/aromatic N) is 3. The van der Waals surface area contributed by atoms with Gasteiger partial charge in [0.25, 0.3) is 5.91 Å². The van der Waals surface area contributed by atoms with Crippen LogP contribution in [0.2, 0.25) is 0 Å². The predicted molar refractivity (Wildman–Crippen MR) is 67.0 cm³/mol. The number of hydrogen-bond acceptors (Lipinski definition) is 3. The van der Waals surface area contributed by atoms with Crippen molar-refractivity contribution in [1.29, 1.82) is 0 Å². The number of carbonyl (C=O) groups is 1. The summed E-state index contributed by atoms with van der Waals surface area (Å²) in [7, 11) is 0. The molecule has 0 unspecified atom stereocenters. The Labute approximate surface area is 119 Å². The lowest BCUT2D eigenvalue weighted by molar-refractivity contribution is -0.136. The molecule has 0 bridgehead atoms. The van der Waals surface area contributed by atoms with E-state index in [1.807, 2.05) is 0 Å². The van der Waals surface area contributed by atoms with Gasteiger partial charge in [-0.25, -0.2) is 4.68 Å². The zero-order valence-electron chi connectivity index (χ0n) is 11.4. The lowest BCUT2D eigenvalue weighted by Crippen LogP contribution is -2.36. The normalized spacial score (nSPS) is 17.5. The molecule has 5 nitrogen and oxygen atoms in total. The number of aromatic nitrogens is 2. The number of halogens is 3. The molecule has 1 aliphatic heterocycles. The summed E-state index contributed by atoms with van der Waals surface area (Å²) in [6, 6.07) is 1.50. The van der Waals surface area contributed by atoms with Gasteiger partial charge in [-0.2, -0.15) is 18.3 Å². The summed E-state index contributed by atoms with van der Waals surface area (Å²) in [4.78, 5) is 13.6. The third-order valence-corrected chi connectivity index (χ3v) is 3.64. The molecule has 1 saturated carbocycles. The molecule has 1 fully saturated rings. The molecule has 1 aromatic rings. The van der Waals surface area contributed by atoms with E-state index in [1.165, 1.54) is 11.0 Å². The van der Waals surface area contributed by atoms with Crippen LogP contribution in [0.3, 0.4) is 0 Å². The molecule has 0 N–H and O–H groups in total. The van der Waals surface area contributed by atoms with Crippen molar-refractivity contribution in [1.82, 2.24) is 14.7 Å². The molecule has 0 atom stereocenters. The number of alkyl halides is 3. The van der Waals surface area contributed by atoms with Crippen LogP contribution in [0.5, 0.6) is 5.88 Å². The minimum Gasteiger partial charge on any atom is -0.476 e. The molecule has 0 spiro atoms. The second kappa shape index (κ2) is 5.23. The van der Waals surface area contributed by atoms with Crippen molar-refractivity contribution in [2.24, 2.45) is 5.92 Å². The largest absolute Gasteiger partial charge is 0.476 e. The fourth-order valence-corrected chi connectivity index (χ4v) is 2.33. The summed E-state index contributed by atoms with van der Waals surface area (Å²) in [6.07, 6.45) is -3.31. The fraction of sp³-hybridized carbons (Fsp3) is 0.692. The van der Waals surface area contributed by atoms with Gasteiger partial charge in [0.15, 0.2) is 5.69 Å². The summed E-state index contributed by atoms with van der Waals surface area (Å²) in [5, 5.41) is 4.10. The first-order valence-electron chi connectivity index (χ1n) is 6.99. The van der Waals surface area contributed by atoms with Crippen molar-refractivity contribution >= 4 is 5.91 Å². The molecule has 1 aromatic heterocycles. The summed E-state index contributed by atoms with van der Waals surface area (Å²) in [5.74, 6) is 0.380. The maximum absolute atomic E-state index is 12.4. The molecule has 2 aliphatic rings. The number of amides is 1. The molecule has 0 aromatic carbocycles. The summed E-state index contributed by atoms with van der Waals surface area (Å²) in [5.41, 5.74) is 0.160. The first-order chi connectivity index (χ1) is 9.92. The van der Waals surface area contributed by atoms with Crippen LogP contribution < -0.4 is 4.74 Å². The van der Waals surface area contributed by atoms with Crippen LogP contribution in [0.15, 0.2) is 6.07 Å². The first kappa shape index (κ1) is 14.2. The monoisotopic (exact) mass is 303 g/mol. The number of ether oxygens (including phenoxy) is 1. The van der Waals surface area contributed by atoms with Gasteiger partial charge in [0.2, 0.25) is 5.88 Å². The average molecular weight is 303 g/mol. The molecular weight excluding hydrogens is 287 g/mol. The molecule has 0 radical (unpaired) electrons. The van der Waals surface area contributed by atoms with Crippen LogP contribution in [0.4, 0.5) is 13.2 Å². The van der Waals surface area contributed by atoms with Crippen molar-refractivity contribution in [3.8, 4) is 5.88 Å². The molecule has 8 heteroatoms. The van der Waals surface area contributed by atoms with Crippen molar-refractivity contribution in [2.75, 3.05) is 19.7 Å². The third-order valence-electron chi connectivity index (χ3n) is 3.64. The van der Waals surface area contributed by atoms with E-state index in [2.05, 4.69) is 5.10 Å². The average Bonchev–Trinajstić information content (AvgIpc) is 2.94. The fourth-order valence-electron chi connectivity index (χ4n) is 2.33. The molecule has 3 rings (SSSR count).